The van der Waals surface area contributed by atoms with E-state index in [0.717, 1.165) is 11.3 Å². The summed E-state index contributed by atoms with van der Waals surface area (Å²) in [6.07, 6.45) is 1.59. The van der Waals surface area contributed by atoms with Crippen molar-refractivity contribution in [1.29, 1.82) is 0 Å². The van der Waals surface area contributed by atoms with E-state index in [1.807, 2.05) is 48.5 Å². The molecular formula is C22H17N5O4. The van der Waals surface area contributed by atoms with Crippen LogP contribution in [0.3, 0.4) is 0 Å². The molecule has 0 saturated heterocycles. The van der Waals surface area contributed by atoms with Crippen molar-refractivity contribution >= 4 is 5.91 Å². The summed E-state index contributed by atoms with van der Waals surface area (Å²) in [5.41, 5.74) is 2.21. The molecule has 9 heteroatoms. The van der Waals surface area contributed by atoms with Gasteiger partial charge in [0.25, 0.3) is 5.91 Å². The standard InChI is InChI=1S/C22H17N5O4/c28-22-17-6-2-1-5-16(17)20(26(22)13-15-4-3-9-29-15)21-23-24-25-27(21)14-7-8-18-19(12-14)31-11-10-30-18/h1-9,12,20H,10-11,13H2. The lowest BCUT2D eigenvalue weighted by Crippen LogP contribution is -2.30. The molecule has 1 amide bonds. The molecule has 4 aromatic rings. The molecule has 0 spiro atoms. The molecule has 31 heavy (non-hydrogen) atoms. The van der Waals surface area contributed by atoms with Crippen molar-refractivity contribution < 1.29 is 18.7 Å². The molecule has 0 aliphatic carbocycles. The topological polar surface area (TPSA) is 95.5 Å². The maximum Gasteiger partial charge on any atom is 0.255 e. The van der Waals surface area contributed by atoms with Crippen molar-refractivity contribution in [2.75, 3.05) is 13.2 Å². The number of nitrogens with zero attached hydrogens (tertiary/aromatic N) is 5. The minimum Gasteiger partial charge on any atom is -0.486 e. The first-order valence-corrected chi connectivity index (χ1v) is 9.90. The number of furan rings is 1. The highest BCUT2D eigenvalue weighted by Crippen LogP contribution is 2.39. The molecule has 0 radical (unpaired) electrons. The number of fused-ring (bicyclic) bond motifs is 2. The van der Waals surface area contributed by atoms with Crippen LogP contribution in [-0.2, 0) is 6.54 Å². The largest absolute Gasteiger partial charge is 0.486 e. The number of carbonyl (C=O) groups is 1. The summed E-state index contributed by atoms with van der Waals surface area (Å²) in [5.74, 6) is 2.45. The Morgan fingerprint density at radius 3 is 2.74 bits per heavy atom. The van der Waals surface area contributed by atoms with E-state index < -0.39 is 6.04 Å². The average molecular weight is 415 g/mol. The summed E-state index contributed by atoms with van der Waals surface area (Å²) < 4.78 is 18.5. The zero-order valence-electron chi connectivity index (χ0n) is 16.3. The predicted octanol–water partition coefficient (Wildman–Crippen LogP) is 2.77. The first-order valence-electron chi connectivity index (χ1n) is 9.90. The van der Waals surface area contributed by atoms with Crippen LogP contribution in [-0.4, -0.2) is 44.2 Å². The van der Waals surface area contributed by atoms with Crippen LogP contribution in [0.2, 0.25) is 0 Å². The molecule has 9 nitrogen and oxygen atoms in total. The molecule has 154 valence electrons. The molecule has 0 N–H and O–H groups in total. The Hall–Kier alpha value is -4.14. The van der Waals surface area contributed by atoms with Crippen LogP contribution in [0.5, 0.6) is 11.5 Å². The second-order valence-corrected chi connectivity index (χ2v) is 7.28. The highest BCUT2D eigenvalue weighted by Gasteiger charge is 2.41. The molecular weight excluding hydrogens is 398 g/mol. The van der Waals surface area contributed by atoms with E-state index in [0.29, 0.717) is 48.4 Å². The quantitative estimate of drug-likeness (QED) is 0.506. The third kappa shape index (κ3) is 2.85. The Balaban J connectivity index is 1.46. The number of amides is 1. The van der Waals surface area contributed by atoms with Crippen molar-refractivity contribution in [1.82, 2.24) is 25.1 Å². The molecule has 2 aromatic heterocycles. The highest BCUT2D eigenvalue weighted by molar-refractivity contribution is 5.99. The normalized spacial score (nSPS) is 17.1. The van der Waals surface area contributed by atoms with Gasteiger partial charge in [-0.05, 0) is 46.3 Å². The highest BCUT2D eigenvalue weighted by atomic mass is 16.6. The van der Waals surface area contributed by atoms with Crippen molar-refractivity contribution in [2.24, 2.45) is 0 Å². The Morgan fingerprint density at radius 2 is 1.87 bits per heavy atom. The number of rotatable bonds is 4. The number of tetrazole rings is 1. The maximum atomic E-state index is 13.2. The lowest BCUT2D eigenvalue weighted by Gasteiger charge is -2.24. The monoisotopic (exact) mass is 415 g/mol. The third-order valence-corrected chi connectivity index (χ3v) is 5.47. The van der Waals surface area contributed by atoms with Gasteiger partial charge in [-0.25, -0.2) is 0 Å². The first kappa shape index (κ1) is 17.7. The van der Waals surface area contributed by atoms with Gasteiger partial charge in [0.15, 0.2) is 17.3 Å². The molecule has 0 saturated carbocycles. The molecule has 1 unspecified atom stereocenters. The van der Waals surface area contributed by atoms with Crippen LogP contribution in [0.4, 0.5) is 0 Å². The Morgan fingerprint density at radius 1 is 1.00 bits per heavy atom. The van der Waals surface area contributed by atoms with E-state index >= 15 is 0 Å². The van der Waals surface area contributed by atoms with E-state index in [4.69, 9.17) is 13.9 Å². The summed E-state index contributed by atoms with van der Waals surface area (Å²) in [7, 11) is 0. The van der Waals surface area contributed by atoms with Gasteiger partial charge in [0.1, 0.15) is 25.0 Å². The summed E-state index contributed by atoms with van der Waals surface area (Å²) in [6, 6.07) is 16.3. The fourth-order valence-electron chi connectivity index (χ4n) is 4.09. The van der Waals surface area contributed by atoms with Crippen LogP contribution in [0.1, 0.15) is 33.5 Å². The summed E-state index contributed by atoms with van der Waals surface area (Å²) in [4.78, 5) is 15.0. The van der Waals surface area contributed by atoms with Crippen molar-refractivity contribution in [3.8, 4) is 17.2 Å². The van der Waals surface area contributed by atoms with Gasteiger partial charge in [-0.15, -0.1) is 5.10 Å². The van der Waals surface area contributed by atoms with E-state index in [1.54, 1.807) is 21.9 Å². The Bertz CT molecular complexity index is 1270. The third-order valence-electron chi connectivity index (χ3n) is 5.47. The SMILES string of the molecule is O=C1c2ccccc2C(c2nnnn2-c2ccc3c(c2)OCCO3)N1Cc1ccco1. The van der Waals surface area contributed by atoms with Crippen molar-refractivity contribution in [3.63, 3.8) is 0 Å². The molecule has 6 rings (SSSR count). The van der Waals surface area contributed by atoms with Gasteiger partial charge in [0, 0.05) is 11.6 Å². The fraction of sp³-hybridized carbons (Fsp3) is 0.182. The first-order chi connectivity index (χ1) is 15.3. The Labute approximate surface area is 176 Å². The minimum absolute atomic E-state index is 0.0891. The average Bonchev–Trinajstić information content (AvgIpc) is 3.55. The second-order valence-electron chi connectivity index (χ2n) is 7.28. The fourth-order valence-corrected chi connectivity index (χ4v) is 4.09. The van der Waals surface area contributed by atoms with Gasteiger partial charge in [0.05, 0.1) is 18.5 Å². The van der Waals surface area contributed by atoms with E-state index in [1.165, 1.54) is 0 Å². The van der Waals surface area contributed by atoms with Crippen LogP contribution >= 0.6 is 0 Å². The number of hydrogen-bond donors (Lipinski definition) is 0. The van der Waals surface area contributed by atoms with Gasteiger partial charge in [0.2, 0.25) is 0 Å². The van der Waals surface area contributed by atoms with Gasteiger partial charge in [-0.2, -0.15) is 4.68 Å². The van der Waals surface area contributed by atoms with Crippen LogP contribution in [0.25, 0.3) is 5.69 Å². The molecule has 4 heterocycles. The van der Waals surface area contributed by atoms with Gasteiger partial charge < -0.3 is 18.8 Å². The summed E-state index contributed by atoms with van der Waals surface area (Å²) >= 11 is 0. The number of aromatic nitrogens is 4. The zero-order chi connectivity index (χ0) is 20.8. The van der Waals surface area contributed by atoms with E-state index in [9.17, 15) is 4.79 Å². The molecule has 0 fully saturated rings. The van der Waals surface area contributed by atoms with Crippen molar-refractivity contribution in [2.45, 2.75) is 12.6 Å². The Kier molecular flexibility index (Phi) is 3.98. The summed E-state index contributed by atoms with van der Waals surface area (Å²) in [6.45, 7) is 1.31. The molecule has 0 bridgehead atoms. The number of benzene rings is 2. The van der Waals surface area contributed by atoms with Crippen LogP contribution < -0.4 is 9.47 Å². The minimum atomic E-state index is -0.461. The molecule has 2 aromatic carbocycles. The second kappa shape index (κ2) is 6.98. The zero-order valence-corrected chi connectivity index (χ0v) is 16.3. The van der Waals surface area contributed by atoms with Crippen LogP contribution in [0, 0.1) is 0 Å². The maximum absolute atomic E-state index is 13.2. The van der Waals surface area contributed by atoms with Crippen LogP contribution in [0.15, 0.2) is 65.3 Å². The van der Waals surface area contributed by atoms with Gasteiger partial charge in [-0.3, -0.25) is 4.79 Å². The smallest absolute Gasteiger partial charge is 0.255 e. The predicted molar refractivity (Wildman–Crippen MR) is 107 cm³/mol. The molecule has 1 atom stereocenters. The lowest BCUT2D eigenvalue weighted by molar-refractivity contribution is 0.0715. The van der Waals surface area contributed by atoms with Gasteiger partial charge in [-0.1, -0.05) is 18.2 Å². The van der Waals surface area contributed by atoms with E-state index in [-0.39, 0.29) is 5.91 Å². The number of ether oxygens (including phenoxy) is 2. The molecule has 2 aliphatic rings. The summed E-state index contributed by atoms with van der Waals surface area (Å²) in [5, 5.41) is 12.4. The molecule has 2 aliphatic heterocycles. The van der Waals surface area contributed by atoms with E-state index in [2.05, 4.69) is 15.5 Å². The van der Waals surface area contributed by atoms with Gasteiger partial charge >= 0.3 is 0 Å². The lowest BCUT2D eigenvalue weighted by atomic mass is 10.0. The number of carbonyl (C=O) groups excluding carboxylic acids is 1. The van der Waals surface area contributed by atoms with Crippen molar-refractivity contribution in [3.05, 3.63) is 83.6 Å². The number of hydrogen-bond acceptors (Lipinski definition) is 7.